The molecule has 1 aromatic carbocycles. The summed E-state index contributed by atoms with van der Waals surface area (Å²) in [5.74, 6) is -0.131. The molecule has 0 radical (unpaired) electrons. The van der Waals surface area contributed by atoms with Crippen molar-refractivity contribution >= 4 is 5.69 Å². The van der Waals surface area contributed by atoms with Gasteiger partial charge in [-0.15, -0.1) is 0 Å². The predicted molar refractivity (Wildman–Crippen MR) is 73.0 cm³/mol. The maximum absolute atomic E-state index is 13.3. The Hall–Kier alpha value is -1.33. The monoisotopic (exact) mass is 268 g/mol. The third-order valence-electron chi connectivity index (χ3n) is 3.59. The van der Waals surface area contributed by atoms with Crippen LogP contribution in [0.3, 0.4) is 0 Å². The summed E-state index contributed by atoms with van der Waals surface area (Å²) in [6.45, 7) is 3.23. The molecule has 0 aliphatic heterocycles. The van der Waals surface area contributed by atoms with Gasteiger partial charge in [0.25, 0.3) is 0 Å². The van der Waals surface area contributed by atoms with Crippen LogP contribution >= 0.6 is 0 Å². The van der Waals surface area contributed by atoms with Gasteiger partial charge in [0.05, 0.1) is 18.8 Å². The lowest BCUT2D eigenvalue weighted by Crippen LogP contribution is -2.58. The topological polar surface area (TPSA) is 56.5 Å². The van der Waals surface area contributed by atoms with Crippen LogP contribution in [0.15, 0.2) is 18.2 Å². The molecule has 1 fully saturated rings. The summed E-state index contributed by atoms with van der Waals surface area (Å²) in [6, 6.07) is 4.74. The molecule has 0 spiro atoms. The molecule has 0 saturated heterocycles. The Labute approximate surface area is 113 Å². The van der Waals surface area contributed by atoms with Crippen molar-refractivity contribution in [2.45, 2.75) is 31.4 Å². The first-order valence-corrected chi connectivity index (χ1v) is 6.56. The molecule has 0 heterocycles. The van der Waals surface area contributed by atoms with Gasteiger partial charge in [-0.1, -0.05) is 0 Å². The standard InChI is InChI=1S/C14H21FN2O2/c1-3-19-11-7-14(8-11,9-16)17-10-4-5-12(15)13(6-10)18-2/h4-6,11,17H,3,7-9,16H2,1-2H3. The van der Waals surface area contributed by atoms with Crippen LogP contribution in [0.2, 0.25) is 0 Å². The first-order chi connectivity index (χ1) is 9.12. The van der Waals surface area contributed by atoms with E-state index in [9.17, 15) is 4.39 Å². The molecule has 3 N–H and O–H groups in total. The molecule has 5 heteroatoms. The van der Waals surface area contributed by atoms with Crippen molar-refractivity contribution in [3.05, 3.63) is 24.0 Å². The minimum Gasteiger partial charge on any atom is -0.494 e. The van der Waals surface area contributed by atoms with E-state index < -0.39 is 0 Å². The van der Waals surface area contributed by atoms with E-state index in [0.717, 1.165) is 25.1 Å². The number of hydrogen-bond acceptors (Lipinski definition) is 4. The highest BCUT2D eigenvalue weighted by Gasteiger charge is 2.43. The highest BCUT2D eigenvalue weighted by molar-refractivity contribution is 5.51. The van der Waals surface area contributed by atoms with Crippen molar-refractivity contribution < 1.29 is 13.9 Å². The van der Waals surface area contributed by atoms with Crippen molar-refractivity contribution in [3.8, 4) is 5.75 Å². The minimum absolute atomic E-state index is 0.150. The lowest BCUT2D eigenvalue weighted by molar-refractivity contribution is -0.0271. The van der Waals surface area contributed by atoms with Gasteiger partial charge in [0, 0.05) is 24.9 Å². The summed E-state index contributed by atoms with van der Waals surface area (Å²) in [4.78, 5) is 0. The van der Waals surface area contributed by atoms with Gasteiger partial charge in [-0.3, -0.25) is 0 Å². The van der Waals surface area contributed by atoms with Gasteiger partial charge in [0.2, 0.25) is 0 Å². The smallest absolute Gasteiger partial charge is 0.165 e. The molecule has 2 rings (SSSR count). The second kappa shape index (κ2) is 5.75. The van der Waals surface area contributed by atoms with E-state index in [0.29, 0.717) is 6.54 Å². The molecule has 106 valence electrons. The molecule has 1 aliphatic carbocycles. The molecular formula is C14H21FN2O2. The number of rotatable bonds is 6. The average molecular weight is 268 g/mol. The summed E-state index contributed by atoms with van der Waals surface area (Å²) in [7, 11) is 1.45. The summed E-state index contributed by atoms with van der Waals surface area (Å²) < 4.78 is 23.9. The molecule has 1 aromatic rings. The third-order valence-corrected chi connectivity index (χ3v) is 3.59. The molecule has 0 atom stereocenters. The van der Waals surface area contributed by atoms with Crippen LogP contribution in [0.4, 0.5) is 10.1 Å². The number of nitrogens with one attached hydrogen (secondary N) is 1. The third kappa shape index (κ3) is 2.98. The van der Waals surface area contributed by atoms with Gasteiger partial charge >= 0.3 is 0 Å². The second-order valence-electron chi connectivity index (χ2n) is 4.94. The number of hydrogen-bond donors (Lipinski definition) is 2. The lowest BCUT2D eigenvalue weighted by Gasteiger charge is -2.47. The summed E-state index contributed by atoms with van der Waals surface area (Å²) in [5.41, 5.74) is 6.52. The summed E-state index contributed by atoms with van der Waals surface area (Å²) in [5, 5.41) is 3.38. The van der Waals surface area contributed by atoms with Crippen LogP contribution in [0.1, 0.15) is 19.8 Å². The SMILES string of the molecule is CCOC1CC(CN)(Nc2ccc(F)c(OC)c2)C1. The van der Waals surface area contributed by atoms with Gasteiger partial charge < -0.3 is 20.5 Å². The van der Waals surface area contributed by atoms with Gasteiger partial charge in [-0.05, 0) is 31.9 Å². The van der Waals surface area contributed by atoms with Crippen LogP contribution in [0.5, 0.6) is 5.75 Å². The molecule has 0 aromatic heterocycles. The van der Waals surface area contributed by atoms with E-state index in [4.69, 9.17) is 15.2 Å². The quantitative estimate of drug-likeness (QED) is 0.830. The Morgan fingerprint density at radius 1 is 1.47 bits per heavy atom. The fourth-order valence-corrected chi connectivity index (χ4v) is 2.53. The number of benzene rings is 1. The number of halogens is 1. The summed E-state index contributed by atoms with van der Waals surface area (Å²) >= 11 is 0. The zero-order valence-electron chi connectivity index (χ0n) is 11.4. The van der Waals surface area contributed by atoms with E-state index >= 15 is 0 Å². The molecule has 19 heavy (non-hydrogen) atoms. The molecule has 0 unspecified atom stereocenters. The first kappa shape index (κ1) is 14.1. The zero-order chi connectivity index (χ0) is 13.9. The Balaban J connectivity index is 2.03. The molecule has 1 saturated carbocycles. The van der Waals surface area contributed by atoms with E-state index in [1.54, 1.807) is 12.1 Å². The Morgan fingerprint density at radius 3 is 2.79 bits per heavy atom. The first-order valence-electron chi connectivity index (χ1n) is 6.56. The van der Waals surface area contributed by atoms with Crippen molar-refractivity contribution in [1.82, 2.24) is 0 Å². The normalized spacial score (nSPS) is 25.8. The fraction of sp³-hybridized carbons (Fsp3) is 0.571. The van der Waals surface area contributed by atoms with Gasteiger partial charge in [0.15, 0.2) is 11.6 Å². The minimum atomic E-state index is -0.365. The van der Waals surface area contributed by atoms with Crippen LogP contribution in [0, 0.1) is 5.82 Å². The van der Waals surface area contributed by atoms with Gasteiger partial charge in [-0.2, -0.15) is 0 Å². The molecule has 4 nitrogen and oxygen atoms in total. The maximum atomic E-state index is 13.3. The second-order valence-corrected chi connectivity index (χ2v) is 4.94. The van der Waals surface area contributed by atoms with Crippen molar-refractivity contribution in [2.75, 3.05) is 25.6 Å². The van der Waals surface area contributed by atoms with E-state index in [2.05, 4.69) is 5.32 Å². The molecule has 1 aliphatic rings. The van der Waals surface area contributed by atoms with Crippen LogP contribution in [-0.2, 0) is 4.74 Å². The summed E-state index contributed by atoms with van der Waals surface area (Å²) in [6.07, 6.45) is 2.01. The van der Waals surface area contributed by atoms with Gasteiger partial charge in [-0.25, -0.2) is 4.39 Å². The van der Waals surface area contributed by atoms with E-state index in [1.165, 1.54) is 13.2 Å². The van der Waals surface area contributed by atoms with E-state index in [1.807, 2.05) is 6.92 Å². The highest BCUT2D eigenvalue weighted by atomic mass is 19.1. The number of methoxy groups -OCH3 is 1. The number of nitrogens with two attached hydrogens (primary N) is 1. The fourth-order valence-electron chi connectivity index (χ4n) is 2.53. The Kier molecular flexibility index (Phi) is 4.27. The van der Waals surface area contributed by atoms with Crippen molar-refractivity contribution in [1.29, 1.82) is 0 Å². The maximum Gasteiger partial charge on any atom is 0.165 e. The van der Waals surface area contributed by atoms with Crippen LogP contribution < -0.4 is 15.8 Å². The van der Waals surface area contributed by atoms with E-state index in [-0.39, 0.29) is 23.2 Å². The lowest BCUT2D eigenvalue weighted by atomic mass is 9.74. The average Bonchev–Trinajstić information content (AvgIpc) is 2.38. The highest BCUT2D eigenvalue weighted by Crippen LogP contribution is 2.37. The van der Waals surface area contributed by atoms with Crippen molar-refractivity contribution in [3.63, 3.8) is 0 Å². The number of anilines is 1. The van der Waals surface area contributed by atoms with Crippen LogP contribution in [0.25, 0.3) is 0 Å². The van der Waals surface area contributed by atoms with Crippen LogP contribution in [-0.4, -0.2) is 31.9 Å². The van der Waals surface area contributed by atoms with Crippen molar-refractivity contribution in [2.24, 2.45) is 5.73 Å². The van der Waals surface area contributed by atoms with Gasteiger partial charge in [0.1, 0.15) is 0 Å². The Bertz CT molecular complexity index is 433. The molecular weight excluding hydrogens is 247 g/mol. The largest absolute Gasteiger partial charge is 0.494 e. The predicted octanol–water partition coefficient (Wildman–Crippen LogP) is 2.14. The molecule has 0 bridgehead atoms. The Morgan fingerprint density at radius 2 is 2.21 bits per heavy atom. The number of ether oxygens (including phenoxy) is 2. The molecule has 0 amide bonds. The zero-order valence-corrected chi connectivity index (χ0v) is 11.4.